The van der Waals surface area contributed by atoms with E-state index < -0.39 is 0 Å². The van der Waals surface area contributed by atoms with E-state index in [-0.39, 0.29) is 5.91 Å². The second-order valence-corrected chi connectivity index (χ2v) is 6.93. The van der Waals surface area contributed by atoms with Crippen LogP contribution in [0.1, 0.15) is 6.92 Å². The molecule has 0 atom stereocenters. The number of hydrogen-bond donors (Lipinski definition) is 1. The molecule has 1 aromatic heterocycles. The SMILES string of the molecule is C/C=C/C(=O)Nc1cccc(-c2cnccc2Oc2ccc(Oc3ccccc3)cc2)c1. The number of pyridine rings is 1. The molecule has 3 aromatic carbocycles. The van der Waals surface area contributed by atoms with Crippen LogP contribution in [0, 0.1) is 0 Å². The van der Waals surface area contributed by atoms with Gasteiger partial charge in [-0.1, -0.05) is 36.4 Å². The van der Waals surface area contributed by atoms with Gasteiger partial charge in [0.15, 0.2) is 0 Å². The molecule has 0 aliphatic heterocycles. The zero-order valence-corrected chi connectivity index (χ0v) is 17.6. The van der Waals surface area contributed by atoms with Crippen molar-refractivity contribution >= 4 is 11.6 Å². The van der Waals surface area contributed by atoms with Crippen molar-refractivity contribution in [2.75, 3.05) is 5.32 Å². The largest absolute Gasteiger partial charge is 0.457 e. The maximum atomic E-state index is 11.9. The predicted molar refractivity (Wildman–Crippen MR) is 126 cm³/mol. The number of amides is 1. The number of nitrogens with zero attached hydrogens (tertiary/aromatic N) is 1. The van der Waals surface area contributed by atoms with Crippen molar-refractivity contribution < 1.29 is 14.3 Å². The Morgan fingerprint density at radius 1 is 0.844 bits per heavy atom. The number of carbonyl (C=O) groups excluding carboxylic acids is 1. The van der Waals surface area contributed by atoms with Crippen molar-refractivity contribution in [3.05, 3.63) is 109 Å². The highest BCUT2D eigenvalue weighted by molar-refractivity contribution is 5.99. The summed E-state index contributed by atoms with van der Waals surface area (Å²) in [5.41, 5.74) is 2.40. The third-order valence-electron chi connectivity index (χ3n) is 4.57. The topological polar surface area (TPSA) is 60.5 Å². The molecule has 0 saturated carbocycles. The molecular formula is C27H22N2O3. The Hall–Kier alpha value is -4.38. The van der Waals surface area contributed by atoms with Crippen LogP contribution in [0.5, 0.6) is 23.0 Å². The summed E-state index contributed by atoms with van der Waals surface area (Å²) in [6.45, 7) is 1.80. The maximum Gasteiger partial charge on any atom is 0.248 e. The van der Waals surface area contributed by atoms with E-state index in [1.165, 1.54) is 6.08 Å². The standard InChI is InChI=1S/C27H22N2O3/c1-2-7-27(30)29-21-9-6-8-20(18-21)25-19-28-17-16-26(25)32-24-14-12-23(13-15-24)31-22-10-4-3-5-11-22/h2-19H,1H3,(H,29,30)/b7-2+. The molecule has 0 spiro atoms. The Bertz CT molecular complexity index is 1220. The number of rotatable bonds is 7. The minimum absolute atomic E-state index is 0.176. The number of benzene rings is 3. The van der Waals surface area contributed by atoms with Crippen LogP contribution in [0.2, 0.25) is 0 Å². The van der Waals surface area contributed by atoms with E-state index in [1.807, 2.05) is 84.9 Å². The van der Waals surface area contributed by atoms with E-state index in [0.29, 0.717) is 17.2 Å². The summed E-state index contributed by atoms with van der Waals surface area (Å²) in [4.78, 5) is 16.1. The van der Waals surface area contributed by atoms with E-state index in [4.69, 9.17) is 9.47 Å². The number of ether oxygens (including phenoxy) is 2. The fourth-order valence-corrected chi connectivity index (χ4v) is 3.11. The van der Waals surface area contributed by atoms with E-state index in [1.54, 1.807) is 25.4 Å². The highest BCUT2D eigenvalue weighted by Gasteiger charge is 2.09. The Morgan fingerprint density at radius 3 is 2.31 bits per heavy atom. The lowest BCUT2D eigenvalue weighted by Gasteiger charge is -2.12. The number of allylic oxidation sites excluding steroid dienone is 1. The number of nitrogens with one attached hydrogen (secondary N) is 1. The quantitative estimate of drug-likeness (QED) is 0.331. The van der Waals surface area contributed by atoms with Crippen LogP contribution in [0.15, 0.2) is 109 Å². The lowest BCUT2D eigenvalue weighted by atomic mass is 10.1. The molecule has 0 aliphatic rings. The third-order valence-corrected chi connectivity index (χ3v) is 4.57. The number of hydrogen-bond acceptors (Lipinski definition) is 4. The summed E-state index contributed by atoms with van der Waals surface area (Å²) in [7, 11) is 0. The van der Waals surface area contributed by atoms with Crippen LogP contribution < -0.4 is 14.8 Å². The first-order valence-corrected chi connectivity index (χ1v) is 10.2. The molecule has 0 unspecified atom stereocenters. The predicted octanol–water partition coefficient (Wildman–Crippen LogP) is 6.85. The molecule has 0 saturated heterocycles. The Labute approximate surface area is 187 Å². The van der Waals surface area contributed by atoms with Gasteiger partial charge in [0.1, 0.15) is 23.0 Å². The summed E-state index contributed by atoms with van der Waals surface area (Å²) in [6, 6.07) is 26.4. The number of para-hydroxylation sites is 1. The Kier molecular flexibility index (Phi) is 6.58. The van der Waals surface area contributed by atoms with Gasteiger partial charge in [-0.05, 0) is 73.2 Å². The number of anilines is 1. The van der Waals surface area contributed by atoms with E-state index >= 15 is 0 Å². The van der Waals surface area contributed by atoms with Crippen LogP contribution >= 0.6 is 0 Å². The fourth-order valence-electron chi connectivity index (χ4n) is 3.11. The van der Waals surface area contributed by atoms with Crippen LogP contribution in [0.4, 0.5) is 5.69 Å². The number of carbonyl (C=O) groups is 1. The van der Waals surface area contributed by atoms with Crippen molar-refractivity contribution in [2.45, 2.75) is 6.92 Å². The van der Waals surface area contributed by atoms with Gasteiger partial charge < -0.3 is 14.8 Å². The molecule has 1 amide bonds. The van der Waals surface area contributed by atoms with Crippen LogP contribution in [-0.4, -0.2) is 10.9 Å². The molecule has 32 heavy (non-hydrogen) atoms. The first kappa shape index (κ1) is 20.9. The molecule has 0 aliphatic carbocycles. The smallest absolute Gasteiger partial charge is 0.248 e. The van der Waals surface area contributed by atoms with E-state index in [0.717, 1.165) is 22.6 Å². The van der Waals surface area contributed by atoms with E-state index in [2.05, 4.69) is 10.3 Å². The van der Waals surface area contributed by atoms with Crippen molar-refractivity contribution in [3.8, 4) is 34.1 Å². The first-order valence-electron chi connectivity index (χ1n) is 10.2. The first-order chi connectivity index (χ1) is 15.7. The molecule has 4 rings (SSSR count). The highest BCUT2D eigenvalue weighted by atomic mass is 16.5. The van der Waals surface area contributed by atoms with Gasteiger partial charge in [-0.25, -0.2) is 0 Å². The van der Waals surface area contributed by atoms with Crippen molar-refractivity contribution in [3.63, 3.8) is 0 Å². The van der Waals surface area contributed by atoms with Gasteiger partial charge in [-0.15, -0.1) is 0 Å². The van der Waals surface area contributed by atoms with Crippen LogP contribution in [0.3, 0.4) is 0 Å². The molecule has 0 fully saturated rings. The van der Waals surface area contributed by atoms with Crippen molar-refractivity contribution in [1.29, 1.82) is 0 Å². The molecule has 1 heterocycles. The fraction of sp³-hybridized carbons (Fsp3) is 0.0370. The second-order valence-electron chi connectivity index (χ2n) is 6.93. The minimum Gasteiger partial charge on any atom is -0.457 e. The van der Waals surface area contributed by atoms with Gasteiger partial charge >= 0.3 is 0 Å². The molecule has 5 heteroatoms. The minimum atomic E-state index is -0.176. The van der Waals surface area contributed by atoms with Crippen molar-refractivity contribution in [2.24, 2.45) is 0 Å². The normalized spacial score (nSPS) is 10.7. The van der Waals surface area contributed by atoms with Gasteiger partial charge in [0.2, 0.25) is 5.91 Å². The second kappa shape index (κ2) is 10.1. The summed E-state index contributed by atoms with van der Waals surface area (Å²) < 4.78 is 12.0. The Morgan fingerprint density at radius 2 is 1.56 bits per heavy atom. The molecular weight excluding hydrogens is 400 g/mol. The average Bonchev–Trinajstić information content (AvgIpc) is 2.82. The number of aromatic nitrogens is 1. The summed E-state index contributed by atoms with van der Waals surface area (Å²) in [6.07, 6.45) is 6.61. The van der Waals surface area contributed by atoms with Crippen molar-refractivity contribution in [1.82, 2.24) is 4.98 Å². The van der Waals surface area contributed by atoms with Crippen LogP contribution in [0.25, 0.3) is 11.1 Å². The molecule has 158 valence electrons. The molecule has 0 bridgehead atoms. The zero-order valence-electron chi connectivity index (χ0n) is 17.6. The van der Waals surface area contributed by atoms with Gasteiger partial charge in [0.05, 0.1) is 0 Å². The lowest BCUT2D eigenvalue weighted by Crippen LogP contribution is -2.07. The third kappa shape index (κ3) is 5.40. The van der Waals surface area contributed by atoms with Gasteiger partial charge in [0, 0.05) is 23.6 Å². The summed E-state index contributed by atoms with van der Waals surface area (Å²) in [5.74, 6) is 2.66. The summed E-state index contributed by atoms with van der Waals surface area (Å²) in [5, 5.41) is 2.85. The lowest BCUT2D eigenvalue weighted by molar-refractivity contribution is -0.111. The van der Waals surface area contributed by atoms with E-state index in [9.17, 15) is 4.79 Å². The molecule has 1 N–H and O–H groups in total. The van der Waals surface area contributed by atoms with Crippen LogP contribution in [-0.2, 0) is 4.79 Å². The summed E-state index contributed by atoms with van der Waals surface area (Å²) >= 11 is 0. The molecule has 5 nitrogen and oxygen atoms in total. The van der Waals surface area contributed by atoms with Gasteiger partial charge in [0.25, 0.3) is 0 Å². The Balaban J connectivity index is 1.52. The molecule has 0 radical (unpaired) electrons. The monoisotopic (exact) mass is 422 g/mol. The molecule has 4 aromatic rings. The highest BCUT2D eigenvalue weighted by Crippen LogP contribution is 2.34. The van der Waals surface area contributed by atoms with Gasteiger partial charge in [-0.2, -0.15) is 0 Å². The van der Waals surface area contributed by atoms with Gasteiger partial charge in [-0.3, -0.25) is 9.78 Å². The average molecular weight is 422 g/mol. The maximum absolute atomic E-state index is 11.9. The zero-order chi connectivity index (χ0) is 22.2.